The molecule has 0 aromatic rings. The van der Waals surface area contributed by atoms with E-state index in [1.165, 1.54) is 0 Å². The summed E-state index contributed by atoms with van der Waals surface area (Å²) in [5.41, 5.74) is 0. The molecule has 0 amide bonds. The highest BCUT2D eigenvalue weighted by atomic mass is 16.3. The molecule has 60 valence electrons. The lowest BCUT2D eigenvalue weighted by Gasteiger charge is -2.00. The molecule has 0 fully saturated rings. The highest BCUT2D eigenvalue weighted by molar-refractivity contribution is 4.57. The summed E-state index contributed by atoms with van der Waals surface area (Å²) in [5.74, 6) is 0. The molecular formula is C6H14N2O2. The molecule has 2 N–H and O–H groups in total. The largest absolute Gasteiger partial charge is 0.394 e. The second-order valence-corrected chi connectivity index (χ2v) is 2.29. The summed E-state index contributed by atoms with van der Waals surface area (Å²) in [5, 5.41) is 24.5. The fourth-order valence-corrected chi connectivity index (χ4v) is 0.301. The molecule has 0 aromatic heterocycles. The van der Waals surface area contributed by atoms with E-state index in [2.05, 4.69) is 10.2 Å². The Labute approximate surface area is 60.6 Å². The average Bonchev–Trinajstić information content (AvgIpc) is 1.99. The van der Waals surface area contributed by atoms with Crippen LogP contribution < -0.4 is 0 Å². The Balaban J connectivity index is 3.52. The second kappa shape index (κ2) is 5.32. The maximum Gasteiger partial charge on any atom is 0.0910 e. The van der Waals surface area contributed by atoms with Crippen LogP contribution in [0.25, 0.3) is 0 Å². The maximum atomic E-state index is 8.50. The molecular weight excluding hydrogens is 132 g/mol. The third kappa shape index (κ3) is 4.40. The Morgan fingerprint density at radius 2 is 1.30 bits per heavy atom. The van der Waals surface area contributed by atoms with E-state index in [-0.39, 0.29) is 25.3 Å². The normalized spacial score (nSPS) is 17.6. The molecule has 0 bridgehead atoms. The quantitative estimate of drug-likeness (QED) is 0.556. The van der Waals surface area contributed by atoms with Crippen molar-refractivity contribution in [3.8, 4) is 0 Å². The van der Waals surface area contributed by atoms with Gasteiger partial charge in [-0.3, -0.25) is 0 Å². The van der Waals surface area contributed by atoms with Gasteiger partial charge in [-0.2, -0.15) is 10.2 Å². The SMILES string of the molecule is CC(CO)N=NC(C)CO. The predicted molar refractivity (Wildman–Crippen MR) is 38.0 cm³/mol. The lowest BCUT2D eigenvalue weighted by molar-refractivity contribution is 0.255. The smallest absolute Gasteiger partial charge is 0.0910 e. The highest BCUT2D eigenvalue weighted by Crippen LogP contribution is 1.93. The molecule has 0 rings (SSSR count). The van der Waals surface area contributed by atoms with E-state index in [1.807, 2.05) is 0 Å². The zero-order valence-corrected chi connectivity index (χ0v) is 6.36. The van der Waals surface area contributed by atoms with Crippen molar-refractivity contribution in [2.75, 3.05) is 13.2 Å². The van der Waals surface area contributed by atoms with Gasteiger partial charge in [-0.05, 0) is 13.8 Å². The van der Waals surface area contributed by atoms with Crippen LogP contribution >= 0.6 is 0 Å². The number of hydrogen-bond acceptors (Lipinski definition) is 4. The predicted octanol–water partition coefficient (Wildman–Crippen LogP) is 0.200. The molecule has 0 radical (unpaired) electrons. The first-order valence-corrected chi connectivity index (χ1v) is 3.32. The summed E-state index contributed by atoms with van der Waals surface area (Å²) >= 11 is 0. The maximum absolute atomic E-state index is 8.50. The van der Waals surface area contributed by atoms with Crippen LogP contribution in [0.5, 0.6) is 0 Å². The Bertz CT molecular complexity index is 93.9. The van der Waals surface area contributed by atoms with Gasteiger partial charge in [-0.1, -0.05) is 0 Å². The van der Waals surface area contributed by atoms with Gasteiger partial charge < -0.3 is 10.2 Å². The first-order chi connectivity index (χ1) is 4.70. The summed E-state index contributed by atoms with van der Waals surface area (Å²) < 4.78 is 0. The number of hydrogen-bond donors (Lipinski definition) is 2. The zero-order valence-electron chi connectivity index (χ0n) is 6.36. The van der Waals surface area contributed by atoms with Gasteiger partial charge in [0.05, 0.1) is 25.3 Å². The van der Waals surface area contributed by atoms with Gasteiger partial charge in [0, 0.05) is 0 Å². The molecule has 0 aromatic carbocycles. The van der Waals surface area contributed by atoms with Crippen molar-refractivity contribution >= 4 is 0 Å². The van der Waals surface area contributed by atoms with Crippen LogP contribution in [0.1, 0.15) is 13.8 Å². The van der Waals surface area contributed by atoms with Crippen LogP contribution in [0.3, 0.4) is 0 Å². The summed E-state index contributed by atoms with van der Waals surface area (Å²) in [4.78, 5) is 0. The minimum Gasteiger partial charge on any atom is -0.394 e. The molecule has 4 nitrogen and oxygen atoms in total. The molecule has 10 heavy (non-hydrogen) atoms. The van der Waals surface area contributed by atoms with Crippen LogP contribution in [-0.4, -0.2) is 35.5 Å². The van der Waals surface area contributed by atoms with E-state index in [0.29, 0.717) is 0 Å². The third-order valence-corrected chi connectivity index (χ3v) is 0.989. The van der Waals surface area contributed by atoms with Gasteiger partial charge >= 0.3 is 0 Å². The third-order valence-electron chi connectivity index (χ3n) is 0.989. The molecule has 0 saturated heterocycles. The van der Waals surface area contributed by atoms with E-state index < -0.39 is 0 Å². The van der Waals surface area contributed by atoms with E-state index in [1.54, 1.807) is 13.8 Å². The first-order valence-electron chi connectivity index (χ1n) is 3.32. The number of aliphatic hydroxyl groups excluding tert-OH is 2. The number of azo groups is 1. The molecule has 0 aliphatic carbocycles. The summed E-state index contributed by atoms with van der Waals surface area (Å²) in [6.07, 6.45) is 0. The standard InChI is InChI=1S/C6H14N2O2/c1-5(3-9)7-8-6(2)4-10/h5-6,9-10H,3-4H2,1-2H3. The van der Waals surface area contributed by atoms with Crippen LogP contribution in [-0.2, 0) is 0 Å². The van der Waals surface area contributed by atoms with Crippen LogP contribution in [0.4, 0.5) is 0 Å². The van der Waals surface area contributed by atoms with Crippen molar-refractivity contribution in [3.63, 3.8) is 0 Å². The van der Waals surface area contributed by atoms with Gasteiger partial charge in [-0.25, -0.2) is 0 Å². The molecule has 0 aliphatic rings. The van der Waals surface area contributed by atoms with Gasteiger partial charge in [-0.15, -0.1) is 0 Å². The highest BCUT2D eigenvalue weighted by Gasteiger charge is 1.97. The van der Waals surface area contributed by atoms with Crippen molar-refractivity contribution in [2.45, 2.75) is 25.9 Å². The fraction of sp³-hybridized carbons (Fsp3) is 1.00. The number of aliphatic hydroxyl groups is 2. The van der Waals surface area contributed by atoms with Crippen molar-refractivity contribution in [3.05, 3.63) is 0 Å². The Morgan fingerprint density at radius 3 is 1.50 bits per heavy atom. The van der Waals surface area contributed by atoms with E-state index in [9.17, 15) is 0 Å². The monoisotopic (exact) mass is 146 g/mol. The molecule has 4 heteroatoms. The fourth-order valence-electron chi connectivity index (χ4n) is 0.301. The number of rotatable bonds is 4. The summed E-state index contributed by atoms with van der Waals surface area (Å²) in [6.45, 7) is 3.52. The molecule has 0 aliphatic heterocycles. The number of nitrogens with zero attached hydrogens (tertiary/aromatic N) is 2. The Kier molecular flexibility index (Phi) is 5.06. The van der Waals surface area contributed by atoms with Crippen molar-refractivity contribution in [1.29, 1.82) is 0 Å². The van der Waals surface area contributed by atoms with Crippen LogP contribution in [0.15, 0.2) is 10.2 Å². The van der Waals surface area contributed by atoms with Crippen LogP contribution in [0, 0.1) is 0 Å². The molecule has 2 unspecified atom stereocenters. The van der Waals surface area contributed by atoms with Gasteiger partial charge in [0.2, 0.25) is 0 Å². The first kappa shape index (κ1) is 9.52. The zero-order chi connectivity index (χ0) is 7.98. The summed E-state index contributed by atoms with van der Waals surface area (Å²) in [7, 11) is 0. The lowest BCUT2D eigenvalue weighted by Crippen LogP contribution is -2.07. The molecule has 2 atom stereocenters. The second-order valence-electron chi connectivity index (χ2n) is 2.29. The average molecular weight is 146 g/mol. The summed E-state index contributed by atoms with van der Waals surface area (Å²) in [6, 6.07) is -0.317. The van der Waals surface area contributed by atoms with Gasteiger partial charge in [0.15, 0.2) is 0 Å². The minimum absolute atomic E-state index is 0.00164. The molecule has 0 heterocycles. The topological polar surface area (TPSA) is 65.2 Å². The van der Waals surface area contributed by atoms with E-state index >= 15 is 0 Å². The molecule has 0 saturated carbocycles. The Morgan fingerprint density at radius 1 is 1.00 bits per heavy atom. The van der Waals surface area contributed by atoms with Crippen molar-refractivity contribution < 1.29 is 10.2 Å². The van der Waals surface area contributed by atoms with Crippen molar-refractivity contribution in [1.82, 2.24) is 0 Å². The van der Waals surface area contributed by atoms with E-state index in [0.717, 1.165) is 0 Å². The molecule has 0 spiro atoms. The Hall–Kier alpha value is -0.480. The van der Waals surface area contributed by atoms with E-state index in [4.69, 9.17) is 10.2 Å². The lowest BCUT2D eigenvalue weighted by atomic mass is 10.4. The van der Waals surface area contributed by atoms with Crippen LogP contribution in [0.2, 0.25) is 0 Å². The van der Waals surface area contributed by atoms with Gasteiger partial charge in [0.1, 0.15) is 0 Å². The van der Waals surface area contributed by atoms with Crippen molar-refractivity contribution in [2.24, 2.45) is 10.2 Å². The van der Waals surface area contributed by atoms with Gasteiger partial charge in [0.25, 0.3) is 0 Å². The minimum atomic E-state index is -0.158.